The lowest BCUT2D eigenvalue weighted by Gasteiger charge is -2.13. The average molecular weight is 334 g/mol. The van der Waals surface area contributed by atoms with Gasteiger partial charge in [-0.2, -0.15) is 0 Å². The highest BCUT2D eigenvalue weighted by molar-refractivity contribution is 7.92. The van der Waals surface area contributed by atoms with Crippen molar-refractivity contribution in [1.29, 1.82) is 0 Å². The Balaban J connectivity index is 2.20. The number of sulfone groups is 1. The topological polar surface area (TPSA) is 106 Å². The molecule has 1 N–H and O–H groups in total. The maximum Gasteiger partial charge on any atom is 0.269 e. The van der Waals surface area contributed by atoms with Gasteiger partial charge in [0.15, 0.2) is 9.84 Å². The number of non-ortho nitro benzene ring substituents is 1. The zero-order valence-corrected chi connectivity index (χ0v) is 13.0. The minimum Gasteiger partial charge on any atom is -0.325 e. The van der Waals surface area contributed by atoms with Crippen molar-refractivity contribution in [2.45, 2.75) is 17.1 Å². The summed E-state index contributed by atoms with van der Waals surface area (Å²) in [5.41, 5.74) is 0.272. The molecule has 120 valence electrons. The van der Waals surface area contributed by atoms with E-state index in [4.69, 9.17) is 0 Å². The van der Waals surface area contributed by atoms with Crippen molar-refractivity contribution < 1.29 is 18.1 Å². The third-order valence-corrected chi connectivity index (χ3v) is 5.33. The molecule has 0 radical (unpaired) electrons. The van der Waals surface area contributed by atoms with Crippen LogP contribution < -0.4 is 5.32 Å². The highest BCUT2D eigenvalue weighted by Crippen LogP contribution is 2.20. The normalized spacial score (nSPS) is 12.4. The summed E-state index contributed by atoms with van der Waals surface area (Å²) in [6, 6.07) is 12.9. The summed E-state index contributed by atoms with van der Waals surface area (Å²) >= 11 is 0. The number of rotatable bonds is 5. The molecule has 2 aromatic carbocycles. The second-order valence-corrected chi connectivity index (χ2v) is 7.06. The molecule has 0 aromatic heterocycles. The number of para-hydroxylation sites is 1. The molecule has 0 bridgehead atoms. The largest absolute Gasteiger partial charge is 0.325 e. The van der Waals surface area contributed by atoms with Gasteiger partial charge in [-0.25, -0.2) is 8.42 Å². The minimum absolute atomic E-state index is 0.140. The number of nitro groups is 1. The molecule has 0 saturated carbocycles. The molecule has 1 amide bonds. The van der Waals surface area contributed by atoms with Crippen molar-refractivity contribution >= 4 is 27.1 Å². The van der Waals surface area contributed by atoms with Crippen LogP contribution in [0.25, 0.3) is 0 Å². The standard InChI is InChI=1S/C15H14N2O5S/c1-11(15(18)16-12-5-3-2-4-6-12)23(21,22)14-9-7-13(8-10-14)17(19)20/h2-11H,1H3,(H,16,18). The number of benzene rings is 2. The van der Waals surface area contributed by atoms with Crippen molar-refractivity contribution in [3.8, 4) is 0 Å². The van der Waals surface area contributed by atoms with E-state index < -0.39 is 25.9 Å². The van der Waals surface area contributed by atoms with Gasteiger partial charge in [-0.1, -0.05) is 18.2 Å². The van der Waals surface area contributed by atoms with Gasteiger partial charge in [-0.15, -0.1) is 0 Å². The quantitative estimate of drug-likeness (QED) is 0.667. The molecule has 1 atom stereocenters. The van der Waals surface area contributed by atoms with Crippen LogP contribution in [-0.2, 0) is 14.6 Å². The Morgan fingerprint density at radius 2 is 1.65 bits per heavy atom. The highest BCUT2D eigenvalue weighted by Gasteiger charge is 2.30. The molecule has 0 saturated heterocycles. The molecule has 7 nitrogen and oxygen atoms in total. The van der Waals surface area contributed by atoms with Crippen LogP contribution in [0, 0.1) is 10.1 Å². The van der Waals surface area contributed by atoms with Crippen LogP contribution in [0.2, 0.25) is 0 Å². The molecule has 0 heterocycles. The van der Waals surface area contributed by atoms with Gasteiger partial charge in [0, 0.05) is 17.8 Å². The predicted molar refractivity (Wildman–Crippen MR) is 84.8 cm³/mol. The van der Waals surface area contributed by atoms with E-state index in [1.807, 2.05) is 0 Å². The molecule has 0 fully saturated rings. The van der Waals surface area contributed by atoms with Gasteiger partial charge in [0.05, 0.1) is 9.82 Å². The summed E-state index contributed by atoms with van der Waals surface area (Å²) in [5.74, 6) is -0.672. The Bertz CT molecular complexity index is 817. The summed E-state index contributed by atoms with van der Waals surface area (Å²) in [5, 5.41) is 11.8. The second-order valence-electron chi connectivity index (χ2n) is 4.79. The summed E-state index contributed by atoms with van der Waals surface area (Å²) in [4.78, 5) is 21.9. The predicted octanol–water partition coefficient (Wildman–Crippen LogP) is 2.40. The van der Waals surface area contributed by atoms with Crippen LogP contribution in [-0.4, -0.2) is 24.5 Å². The number of nitrogens with one attached hydrogen (secondary N) is 1. The van der Waals surface area contributed by atoms with Crippen molar-refractivity contribution in [3.05, 3.63) is 64.7 Å². The lowest BCUT2D eigenvalue weighted by Crippen LogP contribution is -2.32. The summed E-state index contributed by atoms with van der Waals surface area (Å²) in [7, 11) is -3.94. The van der Waals surface area contributed by atoms with Crippen LogP contribution in [0.4, 0.5) is 11.4 Å². The van der Waals surface area contributed by atoms with Gasteiger partial charge in [0.2, 0.25) is 5.91 Å². The van der Waals surface area contributed by atoms with Gasteiger partial charge in [0.25, 0.3) is 5.69 Å². The van der Waals surface area contributed by atoms with E-state index in [2.05, 4.69) is 5.32 Å². The van der Waals surface area contributed by atoms with E-state index in [9.17, 15) is 23.3 Å². The molecular formula is C15H14N2O5S. The fourth-order valence-electron chi connectivity index (χ4n) is 1.87. The number of anilines is 1. The molecule has 8 heteroatoms. The Morgan fingerprint density at radius 3 is 2.17 bits per heavy atom. The molecule has 2 rings (SSSR count). The Kier molecular flexibility index (Phi) is 4.75. The average Bonchev–Trinajstić information content (AvgIpc) is 2.55. The Labute approximate surface area is 133 Å². The fourth-order valence-corrected chi connectivity index (χ4v) is 3.13. The zero-order valence-electron chi connectivity index (χ0n) is 12.2. The van der Waals surface area contributed by atoms with Crippen LogP contribution >= 0.6 is 0 Å². The van der Waals surface area contributed by atoms with Crippen LogP contribution in [0.15, 0.2) is 59.5 Å². The van der Waals surface area contributed by atoms with Crippen LogP contribution in [0.3, 0.4) is 0 Å². The maximum atomic E-state index is 12.4. The fraction of sp³-hybridized carbons (Fsp3) is 0.133. The Morgan fingerprint density at radius 1 is 1.09 bits per heavy atom. The van der Waals surface area contributed by atoms with Gasteiger partial charge < -0.3 is 5.32 Å². The first kappa shape index (κ1) is 16.6. The number of carbonyl (C=O) groups is 1. The second kappa shape index (κ2) is 6.57. The number of nitrogens with zero attached hydrogens (tertiary/aromatic N) is 1. The SMILES string of the molecule is CC(C(=O)Nc1ccccc1)S(=O)(=O)c1ccc([N+](=O)[O-])cc1. The number of hydrogen-bond acceptors (Lipinski definition) is 5. The van der Waals surface area contributed by atoms with Gasteiger partial charge >= 0.3 is 0 Å². The molecule has 2 aromatic rings. The number of hydrogen-bond donors (Lipinski definition) is 1. The van der Waals surface area contributed by atoms with E-state index in [1.165, 1.54) is 6.92 Å². The number of nitro benzene ring substituents is 1. The van der Waals surface area contributed by atoms with Gasteiger partial charge in [-0.05, 0) is 31.2 Å². The van der Waals surface area contributed by atoms with E-state index >= 15 is 0 Å². The van der Waals surface area contributed by atoms with Gasteiger partial charge in [0.1, 0.15) is 5.25 Å². The minimum atomic E-state index is -3.94. The summed E-state index contributed by atoms with van der Waals surface area (Å²) < 4.78 is 24.8. The van der Waals surface area contributed by atoms with Crippen molar-refractivity contribution in [1.82, 2.24) is 0 Å². The van der Waals surface area contributed by atoms with E-state index in [-0.39, 0.29) is 10.6 Å². The molecule has 1 unspecified atom stereocenters. The number of carbonyl (C=O) groups excluding carboxylic acids is 1. The lowest BCUT2D eigenvalue weighted by molar-refractivity contribution is -0.384. The van der Waals surface area contributed by atoms with Crippen LogP contribution in [0.5, 0.6) is 0 Å². The van der Waals surface area contributed by atoms with E-state index in [0.717, 1.165) is 24.3 Å². The van der Waals surface area contributed by atoms with E-state index in [1.54, 1.807) is 30.3 Å². The third kappa shape index (κ3) is 3.72. The first-order chi connectivity index (χ1) is 10.8. The lowest BCUT2D eigenvalue weighted by atomic mass is 10.3. The van der Waals surface area contributed by atoms with Crippen molar-refractivity contribution in [2.24, 2.45) is 0 Å². The summed E-state index contributed by atoms with van der Waals surface area (Å²) in [6.45, 7) is 1.27. The van der Waals surface area contributed by atoms with Crippen LogP contribution in [0.1, 0.15) is 6.92 Å². The Hall–Kier alpha value is -2.74. The van der Waals surface area contributed by atoms with Gasteiger partial charge in [-0.3, -0.25) is 14.9 Å². The molecule has 0 aliphatic carbocycles. The monoisotopic (exact) mass is 334 g/mol. The third-order valence-electron chi connectivity index (χ3n) is 3.25. The van der Waals surface area contributed by atoms with E-state index in [0.29, 0.717) is 5.69 Å². The maximum absolute atomic E-state index is 12.4. The number of amides is 1. The molecule has 0 aliphatic heterocycles. The first-order valence-electron chi connectivity index (χ1n) is 6.66. The smallest absolute Gasteiger partial charge is 0.269 e. The van der Waals surface area contributed by atoms with Crippen molar-refractivity contribution in [3.63, 3.8) is 0 Å². The highest BCUT2D eigenvalue weighted by atomic mass is 32.2. The van der Waals surface area contributed by atoms with Crippen molar-refractivity contribution in [2.75, 3.05) is 5.32 Å². The zero-order chi connectivity index (χ0) is 17.0. The molecule has 0 aliphatic rings. The molecule has 0 spiro atoms. The molecule has 23 heavy (non-hydrogen) atoms. The summed E-state index contributed by atoms with van der Waals surface area (Å²) in [6.07, 6.45) is 0. The molecular weight excluding hydrogens is 320 g/mol. The first-order valence-corrected chi connectivity index (χ1v) is 8.21.